The topological polar surface area (TPSA) is 35.2 Å². The van der Waals surface area contributed by atoms with Gasteiger partial charge in [0.1, 0.15) is 5.75 Å². The normalized spacial score (nSPS) is 16.6. The Morgan fingerprint density at radius 2 is 1.88 bits per heavy atom. The van der Waals surface area contributed by atoms with Crippen LogP contribution in [0.5, 0.6) is 5.75 Å². The van der Waals surface area contributed by atoms with Crippen LogP contribution in [0.15, 0.2) is 12.1 Å². The van der Waals surface area contributed by atoms with Crippen molar-refractivity contribution in [3.8, 4) is 5.75 Å². The lowest BCUT2D eigenvalue weighted by Gasteiger charge is -2.14. The van der Waals surface area contributed by atoms with Gasteiger partial charge in [0.25, 0.3) is 0 Å². The zero-order valence-corrected chi connectivity index (χ0v) is 10.3. The molecule has 16 heavy (non-hydrogen) atoms. The first-order valence-electron chi connectivity index (χ1n) is 6.16. The van der Waals surface area contributed by atoms with E-state index < -0.39 is 0 Å². The SMILES string of the molecule is Cc1cc(OCC2CCCC2)c(C)cc1N. The Labute approximate surface area is 97.8 Å². The van der Waals surface area contributed by atoms with Crippen molar-refractivity contribution in [1.29, 1.82) is 0 Å². The average molecular weight is 219 g/mol. The molecule has 2 N–H and O–H groups in total. The van der Waals surface area contributed by atoms with Crippen LogP contribution in [0.4, 0.5) is 5.69 Å². The Bertz CT molecular complexity index is 367. The third-order valence-electron chi connectivity index (χ3n) is 3.51. The minimum Gasteiger partial charge on any atom is -0.493 e. The second-order valence-electron chi connectivity index (χ2n) is 4.94. The van der Waals surface area contributed by atoms with Crippen LogP contribution in [0.2, 0.25) is 0 Å². The molecule has 0 amide bonds. The molecule has 0 bridgehead atoms. The third kappa shape index (κ3) is 2.49. The van der Waals surface area contributed by atoms with Crippen molar-refractivity contribution in [1.82, 2.24) is 0 Å². The van der Waals surface area contributed by atoms with Gasteiger partial charge in [-0.2, -0.15) is 0 Å². The van der Waals surface area contributed by atoms with E-state index in [-0.39, 0.29) is 0 Å². The first kappa shape index (κ1) is 11.3. The smallest absolute Gasteiger partial charge is 0.122 e. The molecule has 0 atom stereocenters. The largest absolute Gasteiger partial charge is 0.493 e. The van der Waals surface area contributed by atoms with Crippen LogP contribution in [0, 0.1) is 19.8 Å². The summed E-state index contributed by atoms with van der Waals surface area (Å²) in [6.45, 7) is 4.95. The van der Waals surface area contributed by atoms with Crippen molar-refractivity contribution < 1.29 is 4.74 Å². The molecule has 1 aliphatic rings. The Morgan fingerprint density at radius 1 is 1.19 bits per heavy atom. The highest BCUT2D eigenvalue weighted by molar-refractivity contribution is 5.53. The molecule has 1 aliphatic carbocycles. The van der Waals surface area contributed by atoms with Crippen LogP contribution in [-0.4, -0.2) is 6.61 Å². The highest BCUT2D eigenvalue weighted by atomic mass is 16.5. The van der Waals surface area contributed by atoms with Crippen molar-refractivity contribution in [3.63, 3.8) is 0 Å². The maximum absolute atomic E-state index is 5.90. The van der Waals surface area contributed by atoms with Gasteiger partial charge < -0.3 is 10.5 Å². The van der Waals surface area contributed by atoms with Gasteiger partial charge in [0, 0.05) is 5.69 Å². The van der Waals surface area contributed by atoms with E-state index in [1.54, 1.807) is 0 Å². The summed E-state index contributed by atoms with van der Waals surface area (Å²) in [7, 11) is 0. The zero-order valence-electron chi connectivity index (χ0n) is 10.3. The van der Waals surface area contributed by atoms with Gasteiger partial charge in [-0.25, -0.2) is 0 Å². The Kier molecular flexibility index (Phi) is 3.37. The van der Waals surface area contributed by atoms with E-state index >= 15 is 0 Å². The van der Waals surface area contributed by atoms with Crippen molar-refractivity contribution in [2.75, 3.05) is 12.3 Å². The lowest BCUT2D eigenvalue weighted by atomic mass is 10.1. The average Bonchev–Trinajstić information content (AvgIpc) is 2.74. The van der Waals surface area contributed by atoms with Crippen LogP contribution in [0.3, 0.4) is 0 Å². The molecule has 0 aliphatic heterocycles. The molecular weight excluding hydrogens is 198 g/mol. The number of rotatable bonds is 3. The maximum Gasteiger partial charge on any atom is 0.122 e. The highest BCUT2D eigenvalue weighted by Gasteiger charge is 2.16. The molecule has 0 aromatic heterocycles. The molecule has 0 radical (unpaired) electrons. The second kappa shape index (κ2) is 4.77. The summed E-state index contributed by atoms with van der Waals surface area (Å²) in [5.41, 5.74) is 8.95. The predicted molar refractivity (Wildman–Crippen MR) is 67.8 cm³/mol. The van der Waals surface area contributed by atoms with Gasteiger partial charge in [0.05, 0.1) is 6.61 Å². The molecule has 88 valence electrons. The number of benzene rings is 1. The van der Waals surface area contributed by atoms with Gasteiger partial charge in [0.15, 0.2) is 0 Å². The highest BCUT2D eigenvalue weighted by Crippen LogP contribution is 2.28. The fourth-order valence-electron chi connectivity index (χ4n) is 2.35. The molecule has 2 rings (SSSR count). The molecule has 0 saturated heterocycles. The summed E-state index contributed by atoms with van der Waals surface area (Å²) >= 11 is 0. The molecule has 2 nitrogen and oxygen atoms in total. The number of anilines is 1. The molecule has 0 spiro atoms. The first-order valence-corrected chi connectivity index (χ1v) is 6.16. The van der Waals surface area contributed by atoms with E-state index in [9.17, 15) is 0 Å². The van der Waals surface area contributed by atoms with Crippen LogP contribution in [-0.2, 0) is 0 Å². The van der Waals surface area contributed by atoms with Gasteiger partial charge in [-0.15, -0.1) is 0 Å². The minimum atomic E-state index is 0.761. The van der Waals surface area contributed by atoms with E-state index in [4.69, 9.17) is 10.5 Å². The van der Waals surface area contributed by atoms with Crippen molar-refractivity contribution >= 4 is 5.69 Å². The maximum atomic E-state index is 5.90. The monoisotopic (exact) mass is 219 g/mol. The number of nitrogens with two attached hydrogens (primary N) is 1. The van der Waals surface area contributed by atoms with Crippen LogP contribution >= 0.6 is 0 Å². The molecular formula is C14H21NO. The summed E-state index contributed by atoms with van der Waals surface area (Å²) in [6, 6.07) is 4.05. The summed E-state index contributed by atoms with van der Waals surface area (Å²) in [4.78, 5) is 0. The van der Waals surface area contributed by atoms with Crippen molar-refractivity contribution in [2.24, 2.45) is 5.92 Å². The predicted octanol–water partition coefficient (Wildman–Crippen LogP) is 3.45. The Balaban J connectivity index is 2.00. The van der Waals surface area contributed by atoms with Gasteiger partial charge in [-0.05, 0) is 55.9 Å². The molecule has 0 unspecified atom stereocenters. The fraction of sp³-hybridized carbons (Fsp3) is 0.571. The summed E-state index contributed by atoms with van der Waals surface area (Å²) < 4.78 is 5.90. The first-order chi connectivity index (χ1) is 7.66. The number of aryl methyl sites for hydroxylation is 2. The zero-order chi connectivity index (χ0) is 11.5. The van der Waals surface area contributed by atoms with E-state index in [1.807, 2.05) is 13.0 Å². The van der Waals surface area contributed by atoms with E-state index in [0.29, 0.717) is 0 Å². The molecule has 0 heterocycles. The fourth-order valence-corrected chi connectivity index (χ4v) is 2.35. The van der Waals surface area contributed by atoms with Crippen LogP contribution < -0.4 is 10.5 Å². The van der Waals surface area contributed by atoms with Gasteiger partial charge in [-0.3, -0.25) is 0 Å². The number of hydrogen-bond donors (Lipinski definition) is 1. The molecule has 1 saturated carbocycles. The lowest BCUT2D eigenvalue weighted by Crippen LogP contribution is -2.09. The van der Waals surface area contributed by atoms with Gasteiger partial charge >= 0.3 is 0 Å². The molecule has 2 heteroatoms. The number of hydrogen-bond acceptors (Lipinski definition) is 2. The van der Waals surface area contributed by atoms with E-state index in [1.165, 1.54) is 25.7 Å². The second-order valence-corrected chi connectivity index (χ2v) is 4.94. The summed E-state index contributed by atoms with van der Waals surface area (Å²) in [5.74, 6) is 1.76. The molecule has 1 aromatic rings. The van der Waals surface area contributed by atoms with Gasteiger partial charge in [-0.1, -0.05) is 12.8 Å². The Morgan fingerprint density at radius 3 is 2.56 bits per heavy atom. The standard InChI is InChI=1S/C14H21NO/c1-10-8-14(11(2)7-13(10)15)16-9-12-5-3-4-6-12/h7-8,12H,3-6,9,15H2,1-2H3. The lowest BCUT2D eigenvalue weighted by molar-refractivity contribution is 0.250. The van der Waals surface area contributed by atoms with Crippen LogP contribution in [0.25, 0.3) is 0 Å². The van der Waals surface area contributed by atoms with E-state index in [0.717, 1.165) is 35.1 Å². The summed E-state index contributed by atoms with van der Waals surface area (Å²) in [5, 5.41) is 0. The quantitative estimate of drug-likeness (QED) is 0.790. The number of nitrogen functional groups attached to an aromatic ring is 1. The molecule has 1 fully saturated rings. The minimum absolute atomic E-state index is 0.761. The molecule has 1 aromatic carbocycles. The summed E-state index contributed by atoms with van der Waals surface area (Å²) in [6.07, 6.45) is 5.39. The third-order valence-corrected chi connectivity index (χ3v) is 3.51. The Hall–Kier alpha value is -1.18. The van der Waals surface area contributed by atoms with Gasteiger partial charge in [0.2, 0.25) is 0 Å². The van der Waals surface area contributed by atoms with Crippen LogP contribution in [0.1, 0.15) is 36.8 Å². The number of ether oxygens (including phenoxy) is 1. The van der Waals surface area contributed by atoms with E-state index in [2.05, 4.69) is 13.0 Å². The van der Waals surface area contributed by atoms with Crippen molar-refractivity contribution in [2.45, 2.75) is 39.5 Å². The van der Waals surface area contributed by atoms with Crippen molar-refractivity contribution in [3.05, 3.63) is 23.3 Å².